The van der Waals surface area contributed by atoms with E-state index in [0.717, 1.165) is 6.42 Å². The molecule has 0 aromatic carbocycles. The van der Waals surface area contributed by atoms with Gasteiger partial charge in [0.2, 0.25) is 0 Å². The summed E-state index contributed by atoms with van der Waals surface area (Å²) in [4.78, 5) is 8.98. The van der Waals surface area contributed by atoms with E-state index >= 15 is 0 Å². The second-order valence-corrected chi connectivity index (χ2v) is 5.88. The second kappa shape index (κ2) is 5.22. The highest BCUT2D eigenvalue weighted by molar-refractivity contribution is 8.09. The Kier molecular flexibility index (Phi) is 5.49. The Balaban J connectivity index is 3.13. The van der Waals surface area contributed by atoms with E-state index in [1.54, 1.807) is 7.11 Å². The minimum Gasteiger partial charge on any atom is -0.385 e. The molecule has 1 atom stereocenters. The van der Waals surface area contributed by atoms with Gasteiger partial charge in [-0.1, -0.05) is 0 Å². The molecule has 1 N–H and O–H groups in total. The summed E-state index contributed by atoms with van der Waals surface area (Å²) >= 11 is 4.64. The zero-order chi connectivity index (χ0) is 8.04. The maximum atomic E-state index is 8.98. The van der Waals surface area contributed by atoms with Crippen LogP contribution in [0.15, 0.2) is 0 Å². The Bertz CT molecular complexity index is 122. The van der Waals surface area contributed by atoms with E-state index in [1.165, 1.54) is 6.66 Å². The van der Waals surface area contributed by atoms with Gasteiger partial charge in [-0.05, 0) is 18.2 Å². The van der Waals surface area contributed by atoms with Crippen LogP contribution in [0, 0.1) is 0 Å². The predicted molar refractivity (Wildman–Crippen MR) is 44.9 cm³/mol. The van der Waals surface area contributed by atoms with Crippen molar-refractivity contribution in [2.45, 2.75) is 6.42 Å². The van der Waals surface area contributed by atoms with Crippen LogP contribution in [0.2, 0.25) is 0 Å². The molecule has 0 radical (unpaired) electrons. The van der Waals surface area contributed by atoms with Crippen LogP contribution < -0.4 is 0 Å². The van der Waals surface area contributed by atoms with Crippen molar-refractivity contribution >= 4 is 18.3 Å². The molecule has 0 fully saturated rings. The predicted octanol–water partition coefficient (Wildman–Crippen LogP) is 0.971. The lowest BCUT2D eigenvalue weighted by molar-refractivity contribution is 0.172. The Morgan fingerprint density at radius 1 is 1.50 bits per heavy atom. The number of ether oxygens (including phenoxy) is 1. The minimum atomic E-state index is -2.43. The van der Waals surface area contributed by atoms with Crippen molar-refractivity contribution in [1.82, 2.24) is 0 Å². The molecule has 5 heteroatoms. The molecule has 0 bridgehead atoms. The molecule has 0 rings (SSSR count). The maximum absolute atomic E-state index is 8.98. The summed E-state index contributed by atoms with van der Waals surface area (Å²) in [6.45, 7) is 0.241. The van der Waals surface area contributed by atoms with Gasteiger partial charge in [-0.2, -0.15) is 0 Å². The van der Waals surface area contributed by atoms with Crippen molar-refractivity contribution in [2.24, 2.45) is 0 Å². The van der Waals surface area contributed by atoms with Crippen LogP contribution in [0.4, 0.5) is 0 Å². The van der Waals surface area contributed by atoms with E-state index in [9.17, 15) is 0 Å². The van der Waals surface area contributed by atoms with E-state index in [-0.39, 0.29) is 0 Å². The Hall–Kier alpha value is 0.530. The highest BCUT2D eigenvalue weighted by Gasteiger charge is 2.02. The van der Waals surface area contributed by atoms with E-state index in [4.69, 9.17) is 14.2 Å². The monoisotopic (exact) mass is 184 g/mol. The quantitative estimate of drug-likeness (QED) is 0.510. The molecule has 0 amide bonds. The number of hydrogen-bond donors (Lipinski definition) is 1. The van der Waals surface area contributed by atoms with Crippen LogP contribution in [-0.4, -0.2) is 31.9 Å². The van der Waals surface area contributed by atoms with Crippen molar-refractivity contribution < 1.29 is 14.2 Å². The standard InChI is InChI=1S/C5H13O3PS/c1-7-4-3-5-8-9(2,6)10/h3-5H2,1-2H3,(H,6,10). The Morgan fingerprint density at radius 2 is 2.10 bits per heavy atom. The molecule has 0 heterocycles. The number of methoxy groups -OCH3 is 1. The second-order valence-electron chi connectivity index (χ2n) is 1.98. The molecule has 0 aromatic heterocycles. The highest BCUT2D eigenvalue weighted by atomic mass is 32.5. The third-order valence-electron chi connectivity index (χ3n) is 0.824. The third-order valence-corrected chi connectivity index (χ3v) is 1.80. The number of hydrogen-bond acceptors (Lipinski definition) is 3. The maximum Gasteiger partial charge on any atom is 0.183 e. The Labute approximate surface area is 66.5 Å². The summed E-state index contributed by atoms with van der Waals surface area (Å²) in [5.74, 6) is 0. The van der Waals surface area contributed by atoms with Crippen LogP contribution in [-0.2, 0) is 21.1 Å². The molecule has 0 aliphatic carbocycles. The first kappa shape index (κ1) is 10.5. The summed E-state index contributed by atoms with van der Waals surface area (Å²) in [5, 5.41) is 0. The molecule has 0 aliphatic heterocycles. The SMILES string of the molecule is COCCCOP(C)(O)=S. The summed E-state index contributed by atoms with van der Waals surface area (Å²) in [7, 11) is 1.63. The third kappa shape index (κ3) is 8.53. The van der Waals surface area contributed by atoms with Gasteiger partial charge in [-0.25, -0.2) is 0 Å². The van der Waals surface area contributed by atoms with Gasteiger partial charge in [0.1, 0.15) is 0 Å². The molecule has 0 saturated carbocycles. The highest BCUT2D eigenvalue weighted by Crippen LogP contribution is 2.36. The van der Waals surface area contributed by atoms with E-state index in [2.05, 4.69) is 11.8 Å². The van der Waals surface area contributed by atoms with Crippen LogP contribution >= 0.6 is 6.49 Å². The first-order chi connectivity index (χ1) is 4.56. The summed E-state index contributed by atoms with van der Waals surface area (Å²) < 4.78 is 9.71. The van der Waals surface area contributed by atoms with Crippen LogP contribution in [0.3, 0.4) is 0 Å². The largest absolute Gasteiger partial charge is 0.385 e. The van der Waals surface area contributed by atoms with Gasteiger partial charge in [0, 0.05) is 20.4 Å². The van der Waals surface area contributed by atoms with Gasteiger partial charge in [0.15, 0.2) is 6.49 Å². The Morgan fingerprint density at radius 3 is 2.50 bits per heavy atom. The molecule has 10 heavy (non-hydrogen) atoms. The van der Waals surface area contributed by atoms with Gasteiger partial charge in [-0.3, -0.25) is 0 Å². The van der Waals surface area contributed by atoms with Gasteiger partial charge >= 0.3 is 0 Å². The van der Waals surface area contributed by atoms with Gasteiger partial charge in [-0.15, -0.1) is 0 Å². The molecular formula is C5H13O3PS. The molecule has 1 unspecified atom stereocenters. The molecule has 62 valence electrons. The minimum absolute atomic E-state index is 0.484. The average Bonchev–Trinajstić information content (AvgIpc) is 1.78. The lowest BCUT2D eigenvalue weighted by Crippen LogP contribution is -1.96. The topological polar surface area (TPSA) is 38.7 Å². The molecule has 0 spiro atoms. The zero-order valence-electron chi connectivity index (χ0n) is 6.24. The molecule has 0 saturated heterocycles. The first-order valence-electron chi connectivity index (χ1n) is 3.00. The molecule has 0 aliphatic rings. The van der Waals surface area contributed by atoms with E-state index in [1.807, 2.05) is 0 Å². The van der Waals surface area contributed by atoms with Crippen molar-refractivity contribution in [3.8, 4) is 0 Å². The lowest BCUT2D eigenvalue weighted by Gasteiger charge is -2.08. The normalized spacial score (nSPS) is 16.7. The molecule has 3 nitrogen and oxygen atoms in total. The summed E-state index contributed by atoms with van der Waals surface area (Å²) in [6.07, 6.45) is 0.781. The van der Waals surface area contributed by atoms with Crippen LogP contribution in [0.1, 0.15) is 6.42 Å². The fraction of sp³-hybridized carbons (Fsp3) is 1.00. The van der Waals surface area contributed by atoms with Crippen molar-refractivity contribution in [1.29, 1.82) is 0 Å². The van der Waals surface area contributed by atoms with E-state index in [0.29, 0.717) is 13.2 Å². The lowest BCUT2D eigenvalue weighted by atomic mass is 10.5. The van der Waals surface area contributed by atoms with Crippen LogP contribution in [0.25, 0.3) is 0 Å². The average molecular weight is 184 g/mol. The molecular weight excluding hydrogens is 171 g/mol. The van der Waals surface area contributed by atoms with E-state index < -0.39 is 6.49 Å². The van der Waals surface area contributed by atoms with Crippen molar-refractivity contribution in [3.63, 3.8) is 0 Å². The fourth-order valence-electron chi connectivity index (χ4n) is 0.437. The molecule has 0 aromatic rings. The summed E-state index contributed by atoms with van der Waals surface area (Å²) in [5.41, 5.74) is 0. The van der Waals surface area contributed by atoms with Gasteiger partial charge < -0.3 is 14.2 Å². The van der Waals surface area contributed by atoms with Gasteiger partial charge in [0.05, 0.1) is 6.61 Å². The van der Waals surface area contributed by atoms with Crippen molar-refractivity contribution in [2.75, 3.05) is 27.0 Å². The zero-order valence-corrected chi connectivity index (χ0v) is 7.95. The van der Waals surface area contributed by atoms with Gasteiger partial charge in [0.25, 0.3) is 0 Å². The number of rotatable bonds is 5. The smallest absolute Gasteiger partial charge is 0.183 e. The summed E-state index contributed by atoms with van der Waals surface area (Å²) in [6, 6.07) is 0. The van der Waals surface area contributed by atoms with Crippen LogP contribution in [0.5, 0.6) is 0 Å². The first-order valence-corrected chi connectivity index (χ1v) is 6.12. The fourth-order valence-corrected chi connectivity index (χ4v) is 1.13. The van der Waals surface area contributed by atoms with Crippen molar-refractivity contribution in [3.05, 3.63) is 0 Å².